The minimum absolute atomic E-state index is 0.113. The number of hydrogen-bond acceptors (Lipinski definition) is 2. The third-order valence-electron chi connectivity index (χ3n) is 2.85. The Balaban J connectivity index is 2.17. The first-order chi connectivity index (χ1) is 10.5. The van der Waals surface area contributed by atoms with Crippen LogP contribution in [-0.2, 0) is 4.79 Å². The summed E-state index contributed by atoms with van der Waals surface area (Å²) in [6.45, 7) is 0. The molecule has 0 aromatic heterocycles. The molecule has 2 amide bonds. The van der Waals surface area contributed by atoms with E-state index >= 15 is 0 Å². The number of halogens is 2. The molecule has 22 heavy (non-hydrogen) atoms. The molecule has 3 N–H and O–H groups in total. The molecule has 2 aromatic rings. The average Bonchev–Trinajstić information content (AvgIpc) is 2.47. The summed E-state index contributed by atoms with van der Waals surface area (Å²) in [5.41, 5.74) is 5.80. The fraction of sp³-hybridized carbons (Fsp3) is 0. The first kappa shape index (κ1) is 15.7. The second-order valence-electron chi connectivity index (χ2n) is 4.37. The molecule has 0 atom stereocenters. The number of nitrogens with two attached hydrogens (primary N) is 1. The van der Waals surface area contributed by atoms with Crippen LogP contribution < -0.4 is 11.1 Å². The molecule has 0 aliphatic heterocycles. The molecule has 0 saturated carbocycles. The van der Waals surface area contributed by atoms with Crippen LogP contribution in [0.4, 0.5) is 10.1 Å². The number of rotatable bonds is 4. The van der Waals surface area contributed by atoms with E-state index in [9.17, 15) is 14.0 Å². The van der Waals surface area contributed by atoms with Crippen molar-refractivity contribution >= 4 is 35.2 Å². The Labute approximate surface area is 131 Å². The van der Waals surface area contributed by atoms with Crippen molar-refractivity contribution in [2.75, 3.05) is 5.32 Å². The van der Waals surface area contributed by atoms with E-state index in [2.05, 4.69) is 5.32 Å². The van der Waals surface area contributed by atoms with Gasteiger partial charge in [0, 0.05) is 11.6 Å². The molecule has 0 unspecified atom stereocenters. The number of hydrogen-bond donors (Lipinski definition) is 2. The first-order valence-electron chi connectivity index (χ1n) is 6.31. The zero-order chi connectivity index (χ0) is 16.1. The highest BCUT2D eigenvalue weighted by molar-refractivity contribution is 6.32. The Hall–Kier alpha value is -2.66. The van der Waals surface area contributed by atoms with E-state index in [0.29, 0.717) is 0 Å². The lowest BCUT2D eigenvalue weighted by Gasteiger charge is -2.06. The summed E-state index contributed by atoms with van der Waals surface area (Å²) < 4.78 is 13.6. The third-order valence-corrected chi connectivity index (χ3v) is 3.18. The number of carbonyl (C=O) groups is 2. The predicted octanol–water partition coefficient (Wildman–Crippen LogP) is 3.23. The molecule has 2 aromatic carbocycles. The number of para-hydroxylation sites is 1. The monoisotopic (exact) mass is 318 g/mol. The summed E-state index contributed by atoms with van der Waals surface area (Å²) in [4.78, 5) is 23.1. The lowest BCUT2D eigenvalue weighted by molar-refractivity contribution is -0.111. The van der Waals surface area contributed by atoms with E-state index in [4.69, 9.17) is 17.3 Å². The molecule has 0 spiro atoms. The number of anilines is 1. The normalized spacial score (nSPS) is 10.6. The molecule has 0 fully saturated rings. The van der Waals surface area contributed by atoms with Gasteiger partial charge in [-0.3, -0.25) is 9.59 Å². The van der Waals surface area contributed by atoms with Crippen molar-refractivity contribution in [1.82, 2.24) is 0 Å². The Bertz CT molecular complexity index is 739. The van der Waals surface area contributed by atoms with Crippen LogP contribution in [0.25, 0.3) is 6.08 Å². The fourth-order valence-electron chi connectivity index (χ4n) is 1.81. The lowest BCUT2D eigenvalue weighted by atomic mass is 10.1. The fourth-order valence-corrected chi connectivity index (χ4v) is 2.04. The summed E-state index contributed by atoms with van der Waals surface area (Å²) in [6.07, 6.45) is 2.39. The van der Waals surface area contributed by atoms with Gasteiger partial charge in [-0.25, -0.2) is 4.39 Å². The Kier molecular flexibility index (Phi) is 4.91. The van der Waals surface area contributed by atoms with Crippen LogP contribution in [-0.4, -0.2) is 11.8 Å². The van der Waals surface area contributed by atoms with Crippen molar-refractivity contribution in [3.8, 4) is 0 Å². The van der Waals surface area contributed by atoms with Crippen LogP contribution in [0, 0.1) is 5.82 Å². The minimum Gasteiger partial charge on any atom is -0.366 e. The van der Waals surface area contributed by atoms with Crippen LogP contribution in [0.3, 0.4) is 0 Å². The first-order valence-corrected chi connectivity index (χ1v) is 6.68. The number of carbonyl (C=O) groups excluding carboxylic acids is 2. The van der Waals surface area contributed by atoms with Crippen molar-refractivity contribution in [2.24, 2.45) is 5.73 Å². The zero-order valence-electron chi connectivity index (χ0n) is 11.3. The topological polar surface area (TPSA) is 72.2 Å². The lowest BCUT2D eigenvalue weighted by Crippen LogP contribution is -2.16. The second-order valence-corrected chi connectivity index (χ2v) is 4.77. The molecule has 0 bridgehead atoms. The van der Waals surface area contributed by atoms with Crippen LogP contribution in [0.5, 0.6) is 0 Å². The van der Waals surface area contributed by atoms with Crippen LogP contribution in [0.15, 0.2) is 48.5 Å². The molecule has 0 aliphatic rings. The van der Waals surface area contributed by atoms with Crippen molar-refractivity contribution < 1.29 is 14.0 Å². The molecule has 6 heteroatoms. The molecule has 0 radical (unpaired) electrons. The van der Waals surface area contributed by atoms with Gasteiger partial charge in [0.25, 0.3) is 5.91 Å². The van der Waals surface area contributed by atoms with Crippen molar-refractivity contribution in [2.45, 2.75) is 0 Å². The Morgan fingerprint density at radius 3 is 2.55 bits per heavy atom. The van der Waals surface area contributed by atoms with Gasteiger partial charge >= 0.3 is 0 Å². The van der Waals surface area contributed by atoms with Gasteiger partial charge in [0.15, 0.2) is 0 Å². The van der Waals surface area contributed by atoms with Crippen LogP contribution >= 0.6 is 11.6 Å². The summed E-state index contributed by atoms with van der Waals surface area (Å²) in [5, 5.41) is 2.70. The summed E-state index contributed by atoms with van der Waals surface area (Å²) in [7, 11) is 0. The molecule has 4 nitrogen and oxygen atoms in total. The van der Waals surface area contributed by atoms with Crippen molar-refractivity contribution in [3.63, 3.8) is 0 Å². The molecule has 0 saturated heterocycles. The van der Waals surface area contributed by atoms with Gasteiger partial charge in [-0.05, 0) is 30.3 Å². The quantitative estimate of drug-likeness (QED) is 0.849. The van der Waals surface area contributed by atoms with E-state index in [-0.39, 0.29) is 21.8 Å². The molecular weight excluding hydrogens is 307 g/mol. The summed E-state index contributed by atoms with van der Waals surface area (Å²) in [5.74, 6) is -1.72. The molecular formula is C16H12ClFN2O2. The van der Waals surface area contributed by atoms with Gasteiger partial charge in [-0.1, -0.05) is 29.8 Å². The Morgan fingerprint density at radius 1 is 1.14 bits per heavy atom. The maximum absolute atomic E-state index is 13.6. The van der Waals surface area contributed by atoms with E-state index < -0.39 is 17.6 Å². The highest BCUT2D eigenvalue weighted by atomic mass is 35.5. The predicted molar refractivity (Wildman–Crippen MR) is 84.0 cm³/mol. The Morgan fingerprint density at radius 2 is 1.86 bits per heavy atom. The standard InChI is InChI=1S/C16H12ClFN2O2/c17-12-5-3-6-13(18)10(12)8-9-15(21)20-14-7-2-1-4-11(14)16(19)22/h1-9H,(H2,19,22)(H,20,21)/b9-8+. The molecule has 0 heterocycles. The third kappa shape index (κ3) is 3.71. The number of amides is 2. The largest absolute Gasteiger partial charge is 0.366 e. The van der Waals surface area contributed by atoms with Crippen molar-refractivity contribution in [1.29, 1.82) is 0 Å². The highest BCUT2D eigenvalue weighted by Crippen LogP contribution is 2.20. The maximum Gasteiger partial charge on any atom is 0.250 e. The number of primary amides is 1. The van der Waals surface area contributed by atoms with Gasteiger partial charge in [-0.15, -0.1) is 0 Å². The summed E-state index contributed by atoms with van der Waals surface area (Å²) >= 11 is 5.86. The van der Waals surface area contributed by atoms with Gasteiger partial charge in [0.05, 0.1) is 16.3 Å². The van der Waals surface area contributed by atoms with E-state index in [1.807, 2.05) is 0 Å². The van der Waals surface area contributed by atoms with E-state index in [0.717, 1.165) is 6.08 Å². The smallest absolute Gasteiger partial charge is 0.250 e. The average molecular weight is 319 g/mol. The van der Waals surface area contributed by atoms with Crippen LogP contribution in [0.2, 0.25) is 5.02 Å². The second kappa shape index (κ2) is 6.87. The summed E-state index contributed by atoms with van der Waals surface area (Å²) in [6, 6.07) is 10.6. The van der Waals surface area contributed by atoms with Crippen LogP contribution in [0.1, 0.15) is 15.9 Å². The van der Waals surface area contributed by atoms with Crippen molar-refractivity contribution in [3.05, 3.63) is 70.5 Å². The molecule has 0 aliphatic carbocycles. The van der Waals surface area contributed by atoms with Gasteiger partial charge in [0.2, 0.25) is 5.91 Å². The maximum atomic E-state index is 13.6. The van der Waals surface area contributed by atoms with Gasteiger partial charge in [-0.2, -0.15) is 0 Å². The van der Waals surface area contributed by atoms with Gasteiger partial charge in [0.1, 0.15) is 5.82 Å². The van der Waals surface area contributed by atoms with E-state index in [1.165, 1.54) is 30.3 Å². The van der Waals surface area contributed by atoms with E-state index in [1.54, 1.807) is 18.2 Å². The van der Waals surface area contributed by atoms with Gasteiger partial charge < -0.3 is 11.1 Å². The highest BCUT2D eigenvalue weighted by Gasteiger charge is 2.09. The number of nitrogens with one attached hydrogen (secondary N) is 1. The number of benzene rings is 2. The molecule has 112 valence electrons. The molecule has 2 rings (SSSR count). The SMILES string of the molecule is NC(=O)c1ccccc1NC(=O)/C=C/c1c(F)cccc1Cl. The minimum atomic E-state index is -0.656. The zero-order valence-corrected chi connectivity index (χ0v) is 12.1.